The summed E-state index contributed by atoms with van der Waals surface area (Å²) in [5.41, 5.74) is 2.32. The fraction of sp³-hybridized carbons (Fsp3) is 0.208. The average Bonchev–Trinajstić information content (AvgIpc) is 2.77. The van der Waals surface area contributed by atoms with Crippen LogP contribution in [-0.2, 0) is 26.4 Å². The standard InChI is InChI=1S/C24H25ClN2O5S2/c1-17(19-8-14-23(15-9-19)33(2,29)30)26-24(28)20-6-12-22(13-7-20)27(34(3,31)32)16-18-4-10-21(25)11-5-18/h4-15,17H,16H2,1-3H3,(H,26,28). The Bertz CT molecular complexity index is 1370. The third kappa shape index (κ3) is 6.59. The van der Waals surface area contributed by atoms with Gasteiger partial charge in [0.2, 0.25) is 10.0 Å². The highest BCUT2D eigenvalue weighted by Crippen LogP contribution is 2.23. The molecule has 1 N–H and O–H groups in total. The summed E-state index contributed by atoms with van der Waals surface area (Å²) in [6.07, 6.45) is 2.26. The molecule has 3 aromatic carbocycles. The Balaban J connectivity index is 1.73. The first-order chi connectivity index (χ1) is 15.8. The lowest BCUT2D eigenvalue weighted by Crippen LogP contribution is -2.29. The molecule has 10 heteroatoms. The predicted octanol–water partition coefficient (Wildman–Crippen LogP) is 4.20. The summed E-state index contributed by atoms with van der Waals surface area (Å²) in [4.78, 5) is 12.9. The first-order valence-corrected chi connectivity index (χ1v) is 14.4. The molecule has 7 nitrogen and oxygen atoms in total. The second kappa shape index (κ2) is 10.2. The second-order valence-electron chi connectivity index (χ2n) is 7.98. The first kappa shape index (κ1) is 25.7. The SMILES string of the molecule is CC(NC(=O)c1ccc(N(Cc2ccc(Cl)cc2)S(C)(=O)=O)cc1)c1ccc(S(C)(=O)=O)cc1. The van der Waals surface area contributed by atoms with E-state index >= 15 is 0 Å². The van der Waals surface area contributed by atoms with E-state index in [-0.39, 0.29) is 23.4 Å². The van der Waals surface area contributed by atoms with Crippen molar-refractivity contribution >= 4 is 43.1 Å². The van der Waals surface area contributed by atoms with E-state index in [1.54, 1.807) is 67.6 Å². The van der Waals surface area contributed by atoms with Gasteiger partial charge in [0.1, 0.15) is 0 Å². The van der Waals surface area contributed by atoms with Crippen LogP contribution in [0.1, 0.15) is 34.5 Å². The molecule has 0 heterocycles. The maximum absolute atomic E-state index is 12.7. The number of nitrogens with one attached hydrogen (secondary N) is 1. The van der Waals surface area contributed by atoms with Crippen molar-refractivity contribution in [3.8, 4) is 0 Å². The van der Waals surface area contributed by atoms with Gasteiger partial charge >= 0.3 is 0 Å². The van der Waals surface area contributed by atoms with Crippen molar-refractivity contribution in [2.24, 2.45) is 0 Å². The lowest BCUT2D eigenvalue weighted by Gasteiger charge is -2.23. The van der Waals surface area contributed by atoms with Crippen molar-refractivity contribution < 1.29 is 21.6 Å². The number of hydrogen-bond acceptors (Lipinski definition) is 5. The van der Waals surface area contributed by atoms with Gasteiger partial charge in [0.25, 0.3) is 5.91 Å². The van der Waals surface area contributed by atoms with Crippen molar-refractivity contribution in [3.05, 3.63) is 94.5 Å². The van der Waals surface area contributed by atoms with Crippen LogP contribution in [0.25, 0.3) is 0 Å². The molecule has 0 aromatic heterocycles. The number of sulfone groups is 1. The molecule has 1 atom stereocenters. The van der Waals surface area contributed by atoms with Gasteiger partial charge in [-0.3, -0.25) is 9.10 Å². The number of benzene rings is 3. The molecule has 180 valence electrons. The highest BCUT2D eigenvalue weighted by molar-refractivity contribution is 7.92. The Kier molecular flexibility index (Phi) is 7.70. The number of carbonyl (C=O) groups is 1. The van der Waals surface area contributed by atoms with Gasteiger partial charge in [0, 0.05) is 16.8 Å². The second-order valence-corrected chi connectivity index (χ2v) is 12.3. The summed E-state index contributed by atoms with van der Waals surface area (Å²) >= 11 is 5.91. The highest BCUT2D eigenvalue weighted by Gasteiger charge is 2.19. The number of amides is 1. The lowest BCUT2D eigenvalue weighted by molar-refractivity contribution is 0.0940. The fourth-order valence-corrected chi connectivity index (χ4v) is 4.95. The van der Waals surface area contributed by atoms with Crippen molar-refractivity contribution in [1.82, 2.24) is 5.32 Å². The van der Waals surface area contributed by atoms with Gasteiger partial charge in [-0.05, 0) is 66.6 Å². The van der Waals surface area contributed by atoms with E-state index in [0.29, 0.717) is 16.3 Å². The van der Waals surface area contributed by atoms with E-state index < -0.39 is 19.9 Å². The minimum Gasteiger partial charge on any atom is -0.346 e. The Morgan fingerprint density at radius 1 is 0.882 bits per heavy atom. The minimum atomic E-state index is -3.57. The molecule has 0 radical (unpaired) electrons. The van der Waals surface area contributed by atoms with Gasteiger partial charge < -0.3 is 5.32 Å². The van der Waals surface area contributed by atoms with E-state index in [1.165, 1.54) is 16.4 Å². The van der Waals surface area contributed by atoms with Crippen LogP contribution in [0.15, 0.2) is 77.7 Å². The summed E-state index contributed by atoms with van der Waals surface area (Å²) < 4.78 is 49.3. The van der Waals surface area contributed by atoms with Crippen molar-refractivity contribution in [2.45, 2.75) is 24.4 Å². The zero-order valence-corrected chi connectivity index (χ0v) is 21.3. The summed E-state index contributed by atoms with van der Waals surface area (Å²) in [6.45, 7) is 1.92. The molecule has 0 spiro atoms. The zero-order chi connectivity index (χ0) is 25.1. The molecule has 0 aliphatic rings. The van der Waals surface area contributed by atoms with Crippen molar-refractivity contribution in [2.75, 3.05) is 16.8 Å². The molecular formula is C24H25ClN2O5S2. The topological polar surface area (TPSA) is 101 Å². The van der Waals surface area contributed by atoms with E-state index in [2.05, 4.69) is 5.32 Å². The van der Waals surface area contributed by atoms with Gasteiger partial charge in [0.05, 0.1) is 29.4 Å². The largest absolute Gasteiger partial charge is 0.346 e. The Morgan fingerprint density at radius 3 is 1.94 bits per heavy atom. The Labute approximate surface area is 205 Å². The molecule has 34 heavy (non-hydrogen) atoms. The third-order valence-corrected chi connectivity index (χ3v) is 7.73. The summed E-state index contributed by atoms with van der Waals surface area (Å²) in [5, 5.41) is 3.42. The molecular weight excluding hydrogens is 496 g/mol. The maximum Gasteiger partial charge on any atom is 0.251 e. The Hall–Kier alpha value is -2.88. The summed E-state index contributed by atoms with van der Waals surface area (Å²) in [7, 11) is -6.87. The van der Waals surface area contributed by atoms with Crippen LogP contribution in [0.3, 0.4) is 0 Å². The molecule has 1 amide bonds. The van der Waals surface area contributed by atoms with Gasteiger partial charge in [0.15, 0.2) is 9.84 Å². The van der Waals surface area contributed by atoms with Crippen LogP contribution in [0, 0.1) is 0 Å². The van der Waals surface area contributed by atoms with E-state index in [4.69, 9.17) is 11.6 Å². The normalized spacial score (nSPS) is 12.7. The molecule has 0 bridgehead atoms. The summed E-state index contributed by atoms with van der Waals surface area (Å²) in [6, 6.07) is 19.1. The molecule has 0 aliphatic heterocycles. The van der Waals surface area contributed by atoms with Gasteiger partial charge in [-0.15, -0.1) is 0 Å². The quantitative estimate of drug-likeness (QED) is 0.479. The van der Waals surface area contributed by atoms with Crippen LogP contribution in [0.5, 0.6) is 0 Å². The molecule has 0 saturated heterocycles. The van der Waals surface area contributed by atoms with Crippen molar-refractivity contribution in [1.29, 1.82) is 0 Å². The number of sulfonamides is 1. The molecule has 0 saturated carbocycles. The number of hydrogen-bond donors (Lipinski definition) is 1. The highest BCUT2D eigenvalue weighted by atomic mass is 35.5. The molecule has 3 aromatic rings. The third-order valence-electron chi connectivity index (χ3n) is 5.21. The number of anilines is 1. The number of halogens is 1. The van der Waals surface area contributed by atoms with E-state index in [9.17, 15) is 21.6 Å². The van der Waals surface area contributed by atoms with Gasteiger partial charge in [-0.25, -0.2) is 16.8 Å². The molecule has 0 fully saturated rings. The molecule has 0 aliphatic carbocycles. The Morgan fingerprint density at radius 2 is 1.44 bits per heavy atom. The van der Waals surface area contributed by atoms with E-state index in [0.717, 1.165) is 23.6 Å². The monoisotopic (exact) mass is 520 g/mol. The predicted molar refractivity (Wildman–Crippen MR) is 134 cm³/mol. The zero-order valence-electron chi connectivity index (χ0n) is 18.9. The van der Waals surface area contributed by atoms with Gasteiger partial charge in [-0.1, -0.05) is 35.9 Å². The molecule has 3 rings (SSSR count). The minimum absolute atomic E-state index is 0.127. The van der Waals surface area contributed by atoms with Crippen LogP contribution >= 0.6 is 11.6 Å². The van der Waals surface area contributed by atoms with Crippen LogP contribution in [-0.4, -0.2) is 35.3 Å². The van der Waals surface area contributed by atoms with Crippen molar-refractivity contribution in [3.63, 3.8) is 0 Å². The fourth-order valence-electron chi connectivity index (χ4n) is 3.30. The number of carbonyl (C=O) groups excluding carboxylic acids is 1. The van der Waals surface area contributed by atoms with Crippen LogP contribution in [0.2, 0.25) is 5.02 Å². The number of nitrogens with zero attached hydrogens (tertiary/aromatic N) is 1. The average molecular weight is 521 g/mol. The van der Waals surface area contributed by atoms with Gasteiger partial charge in [-0.2, -0.15) is 0 Å². The smallest absolute Gasteiger partial charge is 0.251 e. The maximum atomic E-state index is 12.7. The molecule has 1 unspecified atom stereocenters. The number of rotatable bonds is 8. The lowest BCUT2D eigenvalue weighted by atomic mass is 10.1. The van der Waals surface area contributed by atoms with E-state index in [1.807, 2.05) is 0 Å². The van der Waals surface area contributed by atoms with Crippen LogP contribution < -0.4 is 9.62 Å². The first-order valence-electron chi connectivity index (χ1n) is 10.3. The summed E-state index contributed by atoms with van der Waals surface area (Å²) in [5.74, 6) is -0.338. The van der Waals surface area contributed by atoms with Crippen LogP contribution in [0.4, 0.5) is 5.69 Å².